The van der Waals surface area contributed by atoms with Crippen molar-refractivity contribution >= 4 is 57.8 Å². The molecule has 1 aliphatic carbocycles. The lowest BCUT2D eigenvalue weighted by Crippen LogP contribution is -2.46. The summed E-state index contributed by atoms with van der Waals surface area (Å²) < 4.78 is 74.6. The van der Waals surface area contributed by atoms with Crippen molar-refractivity contribution in [3.05, 3.63) is 35.3 Å². The summed E-state index contributed by atoms with van der Waals surface area (Å²) >= 11 is 0. The Balaban J connectivity index is 0.969. The molecular formula is C29H45N10O18P3+2. The third kappa shape index (κ3) is 9.45. The van der Waals surface area contributed by atoms with Gasteiger partial charge in [0, 0.05) is 6.42 Å². The lowest BCUT2D eigenvalue weighted by Gasteiger charge is -2.35. The van der Waals surface area contributed by atoms with Gasteiger partial charge in [0.25, 0.3) is 17.5 Å². The van der Waals surface area contributed by atoms with Gasteiger partial charge in [-0.05, 0) is 18.8 Å². The van der Waals surface area contributed by atoms with Crippen molar-refractivity contribution in [1.29, 1.82) is 0 Å². The summed E-state index contributed by atoms with van der Waals surface area (Å²) in [5.41, 5.74) is 11.7. The van der Waals surface area contributed by atoms with Gasteiger partial charge in [-0.2, -0.15) is 0 Å². The van der Waals surface area contributed by atoms with E-state index in [1.54, 1.807) is 0 Å². The molecule has 0 spiro atoms. The smallest absolute Gasteiger partial charge is 0.387 e. The highest BCUT2D eigenvalue weighted by Crippen LogP contribution is 2.53. The average Bonchev–Trinajstić information content (AvgIpc) is 3.84. The Morgan fingerprint density at radius 3 is 2.00 bits per heavy atom. The number of nitrogens with zero attached hydrogens (tertiary/aromatic N) is 5. The quantitative estimate of drug-likeness (QED) is 0.0544. The number of nitrogens with two attached hydrogens (primary N) is 2. The zero-order chi connectivity index (χ0) is 43.6. The normalized spacial score (nSPS) is 33.0. The number of guanidine groups is 1. The Kier molecular flexibility index (Phi) is 12.4. The number of hydrogen-bond donors (Lipinski definition) is 13. The predicted octanol–water partition coefficient (Wildman–Crippen LogP) is -3.81. The largest absolute Gasteiger partial charge is 0.472 e. The molecule has 2 saturated heterocycles. The van der Waals surface area contributed by atoms with Crippen LogP contribution in [0.15, 0.2) is 29.0 Å². The highest BCUT2D eigenvalue weighted by Gasteiger charge is 2.50. The Morgan fingerprint density at radius 1 is 0.900 bits per heavy atom. The van der Waals surface area contributed by atoms with Crippen LogP contribution in [-0.2, 0) is 48.3 Å². The van der Waals surface area contributed by atoms with Gasteiger partial charge in [-0.25, -0.2) is 18.3 Å². The Morgan fingerprint density at radius 2 is 1.45 bits per heavy atom. The maximum atomic E-state index is 13.2. The van der Waals surface area contributed by atoms with E-state index in [9.17, 15) is 58.5 Å². The zero-order valence-electron chi connectivity index (χ0n) is 31.3. The Hall–Kier alpha value is -3.50. The number of aliphatic hydroxyl groups excluding tert-OH is 4. The molecule has 1 saturated carbocycles. The SMILES string of the molecule is C=C1NC(N)=Nc2c1[nH]c[n+]2[C@@H]1OC(COP(=O)(O)O[C@H]2C[C@@H](CP(=O)(O)O)C[C@@H](OP(=O)(O)OC[C@H]3OC([n+]4cn(C)c5c(=O)[nH]c(N)nc54)[C@H](O)[C@@H]3O)C2)[C@@H](O)[C@H]1O. The fourth-order valence-corrected chi connectivity index (χ4v) is 10.5. The molecule has 6 heterocycles. The summed E-state index contributed by atoms with van der Waals surface area (Å²) in [4.78, 5) is 66.6. The van der Waals surface area contributed by atoms with Gasteiger partial charge in [0.1, 0.15) is 36.6 Å². The summed E-state index contributed by atoms with van der Waals surface area (Å²) in [6.07, 6.45) is -13.6. The number of nitrogen functional groups attached to an aromatic ring is 1. The number of anilines is 1. The van der Waals surface area contributed by atoms with Crippen molar-refractivity contribution in [2.75, 3.05) is 25.1 Å². The van der Waals surface area contributed by atoms with Gasteiger partial charge in [0.05, 0.1) is 44.3 Å². The second-order valence-electron chi connectivity index (χ2n) is 14.7. The number of aryl methyl sites for hydroxylation is 1. The van der Waals surface area contributed by atoms with E-state index in [1.165, 1.54) is 33.4 Å². The van der Waals surface area contributed by atoms with Crippen LogP contribution < -0.4 is 31.5 Å². The lowest BCUT2D eigenvalue weighted by atomic mass is 9.86. The molecule has 7 rings (SSSR count). The second kappa shape index (κ2) is 16.7. The van der Waals surface area contributed by atoms with Crippen molar-refractivity contribution in [3.8, 4) is 0 Å². The number of aliphatic hydroxyl groups is 4. The Bertz CT molecular complexity index is 2370. The molecule has 0 bridgehead atoms. The van der Waals surface area contributed by atoms with Gasteiger partial charge in [-0.3, -0.25) is 42.0 Å². The van der Waals surface area contributed by atoms with Gasteiger partial charge in [-0.15, -0.1) is 0 Å². The first kappa shape index (κ1) is 44.6. The number of rotatable bonds is 14. The topological polar surface area (TPSA) is 419 Å². The van der Waals surface area contributed by atoms with Crippen LogP contribution in [0.25, 0.3) is 16.9 Å². The zero-order valence-corrected chi connectivity index (χ0v) is 34.0. The first-order valence-electron chi connectivity index (χ1n) is 18.1. The minimum atomic E-state index is -5.10. The van der Waals surface area contributed by atoms with Gasteiger partial charge in [-0.1, -0.05) is 16.6 Å². The highest BCUT2D eigenvalue weighted by molar-refractivity contribution is 7.51. The number of aromatic amines is 2. The molecule has 0 amide bonds. The van der Waals surface area contributed by atoms with E-state index in [1.807, 2.05) is 0 Å². The summed E-state index contributed by atoms with van der Waals surface area (Å²) in [5, 5.41) is 45.8. The molecule has 3 aromatic heterocycles. The number of aliphatic imine (C=N–C) groups is 1. The molecule has 4 unspecified atom stereocenters. The van der Waals surface area contributed by atoms with Gasteiger partial charge in [0.15, 0.2) is 18.3 Å². The van der Waals surface area contributed by atoms with E-state index in [2.05, 4.69) is 31.8 Å². The van der Waals surface area contributed by atoms with Gasteiger partial charge >= 0.3 is 34.7 Å². The van der Waals surface area contributed by atoms with Gasteiger partial charge < -0.3 is 66.3 Å². The number of phosphoric ester groups is 2. The van der Waals surface area contributed by atoms with E-state index in [-0.39, 0.29) is 48.2 Å². The molecule has 3 fully saturated rings. The predicted molar refractivity (Wildman–Crippen MR) is 198 cm³/mol. The molecule has 60 heavy (non-hydrogen) atoms. The minimum absolute atomic E-state index is 0.00161. The Labute approximate surface area is 337 Å². The van der Waals surface area contributed by atoms with Crippen LogP contribution in [0.3, 0.4) is 0 Å². The van der Waals surface area contributed by atoms with E-state index in [0.29, 0.717) is 11.4 Å². The summed E-state index contributed by atoms with van der Waals surface area (Å²) in [6.45, 7) is 2.20. The lowest BCUT2D eigenvalue weighted by molar-refractivity contribution is -0.753. The van der Waals surface area contributed by atoms with Crippen LogP contribution >= 0.6 is 23.2 Å². The third-order valence-corrected chi connectivity index (χ3v) is 13.3. The molecule has 31 heteroatoms. The van der Waals surface area contributed by atoms with Crippen molar-refractivity contribution in [2.24, 2.45) is 23.7 Å². The molecule has 0 aromatic carbocycles. The number of imidazole rings is 2. The van der Waals surface area contributed by atoms with Crippen molar-refractivity contribution in [2.45, 2.75) is 80.5 Å². The fraction of sp³-hybridized carbons (Fsp3) is 0.621. The molecule has 3 aromatic rings. The second-order valence-corrected chi connectivity index (χ2v) is 19.2. The molecule has 15 N–H and O–H groups in total. The summed E-state index contributed by atoms with van der Waals surface area (Å²) in [6, 6.07) is 0. The average molecular weight is 915 g/mol. The van der Waals surface area contributed by atoms with Crippen LogP contribution in [0, 0.1) is 5.92 Å². The van der Waals surface area contributed by atoms with Crippen LogP contribution in [0.5, 0.6) is 0 Å². The minimum Gasteiger partial charge on any atom is -0.387 e. The number of hydrogen-bond acceptors (Lipinski definition) is 19. The van der Waals surface area contributed by atoms with Crippen molar-refractivity contribution in [1.82, 2.24) is 24.8 Å². The van der Waals surface area contributed by atoms with Crippen LogP contribution in [0.4, 0.5) is 11.8 Å². The molecular weight excluding hydrogens is 869 g/mol. The van der Waals surface area contributed by atoms with Gasteiger partial charge in [0.2, 0.25) is 18.0 Å². The van der Waals surface area contributed by atoms with Crippen LogP contribution in [0.2, 0.25) is 0 Å². The number of phosphoric acid groups is 2. The first-order chi connectivity index (χ1) is 28.0. The molecule has 13 atom stereocenters. The molecule has 28 nitrogen and oxygen atoms in total. The molecule has 332 valence electrons. The maximum Gasteiger partial charge on any atom is 0.472 e. The molecule has 0 radical (unpaired) electrons. The first-order valence-corrected chi connectivity index (χ1v) is 22.9. The van der Waals surface area contributed by atoms with E-state index >= 15 is 0 Å². The van der Waals surface area contributed by atoms with E-state index < -0.39 is 115 Å². The fourth-order valence-electron chi connectivity index (χ4n) is 7.68. The monoisotopic (exact) mass is 914 g/mol. The number of H-pyrrole nitrogens is 2. The summed E-state index contributed by atoms with van der Waals surface area (Å²) in [5.74, 6) is -1.01. The number of ether oxygens (including phenoxy) is 2. The maximum absolute atomic E-state index is 13.2. The van der Waals surface area contributed by atoms with E-state index in [4.69, 9.17) is 39.0 Å². The van der Waals surface area contributed by atoms with E-state index in [0.717, 1.165) is 0 Å². The molecule has 4 aliphatic rings. The number of fused-ring (bicyclic) bond motifs is 2. The van der Waals surface area contributed by atoms with Crippen LogP contribution in [-0.4, -0.2) is 134 Å². The standard InChI is InChI=1S/C29H43N10O18P3/c1-11-17-23(34-28(30)33-11)38(9-32-17)26-21(42)19(40)15(54-26)6-52-59(48,49)56-13-3-12(8-58(45,46)47)4-14(5-13)57-60(50,51)53-7-16-20(41)22(43)27(55-16)39-10-37(2)18-24(39)35-29(31)36-25(18)44/h9-10,12-16,19-22,26-27,40-43H,1,3-8H2,2H3,(H9-,30,31,33,34,35,36,44,45,46,47,48,49,50,51)/p+2/t12-,13+,14-,15?,16-,19-,20-,21-,22-,26-,27?/m1/s1. The highest BCUT2D eigenvalue weighted by atomic mass is 31.2. The number of aromatic nitrogens is 6. The summed E-state index contributed by atoms with van der Waals surface area (Å²) in [7, 11) is -13.4. The third-order valence-electron chi connectivity index (χ3n) is 10.2. The van der Waals surface area contributed by atoms with Crippen molar-refractivity contribution in [3.63, 3.8) is 0 Å². The van der Waals surface area contributed by atoms with Crippen LogP contribution in [0.1, 0.15) is 37.4 Å². The molecule has 3 aliphatic heterocycles. The van der Waals surface area contributed by atoms with Crippen molar-refractivity contribution < 1.29 is 90.4 Å². The number of nitrogens with one attached hydrogen (secondary N) is 3.